The van der Waals surface area contributed by atoms with Gasteiger partial charge in [-0.2, -0.15) is 0 Å². The molecule has 0 unspecified atom stereocenters. The highest BCUT2D eigenvalue weighted by atomic mass is 19.2. The Labute approximate surface area is 195 Å². The summed E-state index contributed by atoms with van der Waals surface area (Å²) in [6.45, 7) is 2.39. The first-order chi connectivity index (χ1) is 16.4. The number of piperidine rings is 1. The van der Waals surface area contributed by atoms with E-state index in [2.05, 4.69) is 4.98 Å². The Bertz CT molecular complexity index is 1280. The maximum Gasteiger partial charge on any atom is 0.300 e. The highest BCUT2D eigenvalue weighted by Crippen LogP contribution is 2.41. The average Bonchev–Trinajstić information content (AvgIpc) is 3.43. The van der Waals surface area contributed by atoms with E-state index < -0.39 is 17.5 Å². The van der Waals surface area contributed by atoms with Gasteiger partial charge in [-0.1, -0.05) is 12.1 Å². The number of fused-ring (bicyclic) bond motifs is 1. The summed E-state index contributed by atoms with van der Waals surface area (Å²) in [5.41, 5.74) is 3.68. The van der Waals surface area contributed by atoms with Crippen LogP contribution in [-0.2, 0) is 4.79 Å². The monoisotopic (exact) mass is 467 g/mol. The van der Waals surface area contributed by atoms with E-state index in [1.165, 1.54) is 0 Å². The highest BCUT2D eigenvalue weighted by molar-refractivity contribution is 5.99. The number of carbonyl (C=O) groups excluding carboxylic acids is 1. The van der Waals surface area contributed by atoms with Crippen molar-refractivity contribution in [3.05, 3.63) is 82.4 Å². The van der Waals surface area contributed by atoms with Crippen LogP contribution in [0.15, 0.2) is 48.2 Å². The molecule has 8 heteroatoms. The minimum Gasteiger partial charge on any atom is -0.468 e. The maximum absolute atomic E-state index is 13.8. The molecule has 0 N–H and O–H groups in total. The number of rotatable bonds is 4. The summed E-state index contributed by atoms with van der Waals surface area (Å²) in [6, 6.07) is 10.2. The average molecular weight is 467 g/mol. The molecule has 2 aliphatic heterocycles. The van der Waals surface area contributed by atoms with Crippen molar-refractivity contribution in [3.8, 4) is 11.7 Å². The Balaban J connectivity index is 1.38. The van der Waals surface area contributed by atoms with Crippen molar-refractivity contribution in [2.75, 3.05) is 13.7 Å². The minimum atomic E-state index is -1.46. The van der Waals surface area contributed by atoms with Gasteiger partial charge in [-0.15, -0.1) is 0 Å². The van der Waals surface area contributed by atoms with Crippen molar-refractivity contribution in [1.82, 2.24) is 14.5 Å². The van der Waals surface area contributed by atoms with Gasteiger partial charge in [0.25, 0.3) is 0 Å². The van der Waals surface area contributed by atoms with Crippen LogP contribution in [0.2, 0.25) is 0 Å². The van der Waals surface area contributed by atoms with E-state index in [9.17, 15) is 18.0 Å². The molecule has 5 nitrogen and oxygen atoms in total. The fourth-order valence-electron chi connectivity index (χ4n) is 5.14. The van der Waals surface area contributed by atoms with Gasteiger partial charge in [0.15, 0.2) is 17.5 Å². The fourth-order valence-corrected chi connectivity index (χ4v) is 5.14. The molecule has 3 aromatic rings. The number of nitrogens with zero attached hydrogens (tertiary/aromatic N) is 3. The van der Waals surface area contributed by atoms with Crippen LogP contribution in [0.5, 0.6) is 6.01 Å². The number of hydrogen-bond donors (Lipinski definition) is 0. The van der Waals surface area contributed by atoms with Crippen LogP contribution in [-0.4, -0.2) is 40.1 Å². The molecule has 34 heavy (non-hydrogen) atoms. The molecule has 0 aliphatic carbocycles. The van der Waals surface area contributed by atoms with Gasteiger partial charge in [-0.3, -0.25) is 9.36 Å². The van der Waals surface area contributed by atoms with Gasteiger partial charge < -0.3 is 9.64 Å². The molecule has 1 aromatic heterocycles. The Morgan fingerprint density at radius 1 is 1.12 bits per heavy atom. The number of aromatic nitrogens is 2. The van der Waals surface area contributed by atoms with E-state index in [0.29, 0.717) is 43.0 Å². The van der Waals surface area contributed by atoms with Crippen molar-refractivity contribution in [2.24, 2.45) is 0 Å². The van der Waals surface area contributed by atoms with Crippen molar-refractivity contribution >= 4 is 12.0 Å². The summed E-state index contributed by atoms with van der Waals surface area (Å²) < 4.78 is 48.2. The lowest BCUT2D eigenvalue weighted by molar-refractivity contribution is -0.129. The predicted octanol–water partition coefficient (Wildman–Crippen LogP) is 5.17. The zero-order valence-corrected chi connectivity index (χ0v) is 18.9. The summed E-state index contributed by atoms with van der Waals surface area (Å²) in [6.07, 6.45) is 5.59. The molecule has 0 bridgehead atoms. The number of amides is 1. The van der Waals surface area contributed by atoms with Gasteiger partial charge >= 0.3 is 6.01 Å². The van der Waals surface area contributed by atoms with Gasteiger partial charge in [0.05, 0.1) is 18.5 Å². The van der Waals surface area contributed by atoms with Crippen LogP contribution in [0.4, 0.5) is 13.2 Å². The molecule has 0 radical (unpaired) electrons. The number of hydrogen-bond acceptors (Lipinski definition) is 3. The second kappa shape index (κ2) is 8.66. The maximum atomic E-state index is 13.8. The van der Waals surface area contributed by atoms with Gasteiger partial charge in [-0.05, 0) is 67.7 Å². The molecule has 3 heterocycles. The molecular weight excluding hydrogens is 443 g/mol. The Morgan fingerprint density at radius 2 is 1.88 bits per heavy atom. The van der Waals surface area contributed by atoms with Gasteiger partial charge in [-0.25, -0.2) is 18.2 Å². The smallest absolute Gasteiger partial charge is 0.300 e. The quantitative estimate of drug-likeness (QED) is 0.393. The molecule has 2 saturated heterocycles. The summed E-state index contributed by atoms with van der Waals surface area (Å²) in [4.78, 5) is 19.4. The molecule has 2 aromatic carbocycles. The van der Waals surface area contributed by atoms with Crippen LogP contribution in [0, 0.1) is 24.4 Å². The lowest BCUT2D eigenvalue weighted by Crippen LogP contribution is -2.42. The van der Waals surface area contributed by atoms with Crippen molar-refractivity contribution in [1.29, 1.82) is 0 Å². The Hall–Kier alpha value is -3.55. The number of benzene rings is 2. The van der Waals surface area contributed by atoms with Crippen LogP contribution < -0.4 is 4.74 Å². The van der Waals surface area contributed by atoms with Crippen molar-refractivity contribution in [3.63, 3.8) is 0 Å². The largest absolute Gasteiger partial charge is 0.468 e. The molecule has 1 amide bonds. The zero-order valence-electron chi connectivity index (χ0n) is 18.9. The van der Waals surface area contributed by atoms with Crippen molar-refractivity contribution < 1.29 is 22.7 Å². The van der Waals surface area contributed by atoms with E-state index in [1.54, 1.807) is 12.0 Å². The molecular formula is C26H24F3N3O2. The molecule has 2 fully saturated rings. The fraction of sp³-hybridized carbons (Fsp3) is 0.308. The first kappa shape index (κ1) is 22.3. The number of aryl methyl sites for hydroxylation is 1. The third kappa shape index (κ3) is 3.87. The number of imidazole rings is 1. The van der Waals surface area contributed by atoms with Crippen LogP contribution in [0.1, 0.15) is 42.0 Å². The summed E-state index contributed by atoms with van der Waals surface area (Å²) in [5.74, 6) is -4.13. The molecule has 0 saturated carbocycles. The van der Waals surface area contributed by atoms with Gasteiger partial charge in [0, 0.05) is 30.3 Å². The number of carbonyl (C=O) groups is 1. The lowest BCUT2D eigenvalue weighted by Gasteiger charge is -2.34. The number of methoxy groups -OCH3 is 1. The van der Waals surface area contributed by atoms with Crippen LogP contribution in [0.25, 0.3) is 11.8 Å². The second-order valence-corrected chi connectivity index (χ2v) is 8.80. The molecule has 176 valence electrons. The van der Waals surface area contributed by atoms with E-state index >= 15 is 0 Å². The Morgan fingerprint density at radius 3 is 2.62 bits per heavy atom. The predicted molar refractivity (Wildman–Crippen MR) is 121 cm³/mol. The SMILES string of the molecule is COc1nc(C)cn1-c1cccc(/C=C2\CC[C@H]3[C@H](c4cc(F)c(F)c(F)c4)CCN3C2=O)c1. The minimum absolute atomic E-state index is 0.0664. The summed E-state index contributed by atoms with van der Waals surface area (Å²) >= 11 is 0. The standard InChI is InChI=1S/C26H24F3N3O2/c1-15-14-32(26(30-15)34-2)19-5-3-4-16(11-19)10-17-6-7-23-20(8-9-31(23)25(17)33)18-12-21(27)24(29)22(28)13-18/h3-5,10-14,20,23H,6-9H2,1-2H3/b17-10+/t20-,23-/m0/s1. The molecule has 2 atom stereocenters. The summed E-state index contributed by atoms with van der Waals surface area (Å²) in [7, 11) is 1.57. The third-order valence-corrected chi connectivity index (χ3v) is 6.69. The molecule has 5 rings (SSSR count). The van der Waals surface area contributed by atoms with Crippen molar-refractivity contribution in [2.45, 2.75) is 38.1 Å². The first-order valence-electron chi connectivity index (χ1n) is 11.2. The Kier molecular flexibility index (Phi) is 5.67. The van der Waals surface area contributed by atoms with E-state index in [-0.39, 0.29) is 17.9 Å². The van der Waals surface area contributed by atoms with Gasteiger partial charge in [0.1, 0.15) is 0 Å². The van der Waals surface area contributed by atoms with Crippen LogP contribution in [0.3, 0.4) is 0 Å². The highest BCUT2D eigenvalue weighted by Gasteiger charge is 2.42. The normalized spacial score (nSPS) is 21.3. The molecule has 0 spiro atoms. The zero-order chi connectivity index (χ0) is 24.0. The number of ether oxygens (including phenoxy) is 1. The van der Waals surface area contributed by atoms with E-state index in [0.717, 1.165) is 29.1 Å². The molecule has 2 aliphatic rings. The van der Waals surface area contributed by atoms with Gasteiger partial charge in [0.2, 0.25) is 5.91 Å². The number of halogens is 3. The topological polar surface area (TPSA) is 47.4 Å². The van der Waals surface area contributed by atoms with E-state index in [4.69, 9.17) is 4.74 Å². The second-order valence-electron chi connectivity index (χ2n) is 8.80. The van der Waals surface area contributed by atoms with E-state index in [1.807, 2.05) is 48.0 Å². The lowest BCUT2D eigenvalue weighted by atomic mass is 9.85. The van der Waals surface area contributed by atoms with Crippen LogP contribution >= 0.6 is 0 Å². The first-order valence-corrected chi connectivity index (χ1v) is 11.2. The third-order valence-electron chi connectivity index (χ3n) is 6.69. The summed E-state index contributed by atoms with van der Waals surface area (Å²) in [5, 5.41) is 0.